The van der Waals surface area contributed by atoms with E-state index < -0.39 is 0 Å². The molecule has 6 heteroatoms. The summed E-state index contributed by atoms with van der Waals surface area (Å²) in [4.78, 5) is 7.35. The third-order valence-corrected chi connectivity index (χ3v) is 3.80. The molecule has 0 radical (unpaired) electrons. The van der Waals surface area contributed by atoms with Gasteiger partial charge in [-0.15, -0.1) is 0 Å². The molecule has 0 bridgehead atoms. The van der Waals surface area contributed by atoms with E-state index in [1.54, 1.807) is 18.0 Å². The van der Waals surface area contributed by atoms with Crippen LogP contribution < -0.4 is 5.32 Å². The number of rotatable bonds is 6. The zero-order valence-electron chi connectivity index (χ0n) is 11.0. The van der Waals surface area contributed by atoms with Gasteiger partial charge in [-0.2, -0.15) is 5.10 Å². The maximum atomic E-state index is 4.48. The van der Waals surface area contributed by atoms with Crippen LogP contribution in [0.2, 0.25) is 0 Å². The molecule has 0 aliphatic carbocycles. The number of imidazole rings is 1. The minimum atomic E-state index is 0.858. The van der Waals surface area contributed by atoms with Crippen molar-refractivity contribution in [3.63, 3.8) is 0 Å². The van der Waals surface area contributed by atoms with E-state index in [1.165, 1.54) is 5.56 Å². The third kappa shape index (κ3) is 2.94. The molecule has 2 aromatic heterocycles. The van der Waals surface area contributed by atoms with Crippen LogP contribution in [0.5, 0.6) is 0 Å². The van der Waals surface area contributed by atoms with Crippen molar-refractivity contribution in [3.8, 4) is 0 Å². The minimum Gasteiger partial charge on any atom is -0.339 e. The van der Waals surface area contributed by atoms with Crippen LogP contribution in [0.4, 0.5) is 0 Å². The number of aromatic amines is 1. The summed E-state index contributed by atoms with van der Waals surface area (Å²) in [5.41, 5.74) is 2.34. The quantitative estimate of drug-likeness (QED) is 0.785. The molecule has 0 saturated carbocycles. The lowest BCUT2D eigenvalue weighted by Crippen LogP contribution is -2.14. The largest absolute Gasteiger partial charge is 0.339 e. The van der Waals surface area contributed by atoms with Crippen LogP contribution in [0.15, 0.2) is 22.6 Å². The van der Waals surface area contributed by atoms with E-state index in [-0.39, 0.29) is 0 Å². The summed E-state index contributed by atoms with van der Waals surface area (Å²) < 4.78 is 1.92. The second-order valence-electron chi connectivity index (χ2n) is 4.17. The number of nitrogens with one attached hydrogen (secondary N) is 2. The Kier molecular flexibility index (Phi) is 4.43. The Morgan fingerprint density at radius 2 is 2.33 bits per heavy atom. The van der Waals surface area contributed by atoms with Crippen LogP contribution in [0.25, 0.3) is 0 Å². The van der Waals surface area contributed by atoms with E-state index in [0.717, 1.165) is 35.4 Å². The third-order valence-electron chi connectivity index (χ3n) is 2.68. The summed E-state index contributed by atoms with van der Waals surface area (Å²) in [5, 5.41) is 9.96. The van der Waals surface area contributed by atoms with Crippen LogP contribution in [0, 0.1) is 6.92 Å². The van der Waals surface area contributed by atoms with E-state index in [9.17, 15) is 0 Å². The van der Waals surface area contributed by atoms with Gasteiger partial charge in [-0.05, 0) is 31.7 Å². The number of hydrogen-bond donors (Lipinski definition) is 2. The van der Waals surface area contributed by atoms with Gasteiger partial charge in [0.2, 0.25) is 0 Å². The van der Waals surface area contributed by atoms with E-state index in [0.29, 0.717) is 0 Å². The lowest BCUT2D eigenvalue weighted by atomic mass is 10.2. The highest BCUT2D eigenvalue weighted by Crippen LogP contribution is 2.29. The Hall–Kier alpha value is -1.27. The maximum absolute atomic E-state index is 4.48. The molecule has 0 aliphatic rings. The van der Waals surface area contributed by atoms with Crippen molar-refractivity contribution in [3.05, 3.63) is 23.7 Å². The Morgan fingerprint density at radius 3 is 3.00 bits per heavy atom. The van der Waals surface area contributed by atoms with Gasteiger partial charge in [-0.25, -0.2) is 4.98 Å². The van der Waals surface area contributed by atoms with Gasteiger partial charge in [0.1, 0.15) is 5.03 Å². The van der Waals surface area contributed by atoms with E-state index in [4.69, 9.17) is 0 Å². The molecule has 2 N–H and O–H groups in total. The fourth-order valence-corrected chi connectivity index (χ4v) is 2.74. The smallest absolute Gasteiger partial charge is 0.171 e. The lowest BCUT2D eigenvalue weighted by molar-refractivity contribution is 0.652. The highest BCUT2D eigenvalue weighted by atomic mass is 32.2. The molecule has 0 aliphatic heterocycles. The van der Waals surface area contributed by atoms with Crippen LogP contribution in [0.3, 0.4) is 0 Å². The molecule has 0 spiro atoms. The van der Waals surface area contributed by atoms with Crippen molar-refractivity contribution < 1.29 is 0 Å². The summed E-state index contributed by atoms with van der Waals surface area (Å²) >= 11 is 1.62. The predicted octanol–water partition coefficient (Wildman–Crippen LogP) is 2.10. The Morgan fingerprint density at radius 1 is 1.50 bits per heavy atom. The van der Waals surface area contributed by atoms with Crippen LogP contribution >= 0.6 is 11.8 Å². The number of hydrogen-bond acceptors (Lipinski definition) is 4. The molecular formula is C12H19N5S. The molecule has 2 heterocycles. The standard InChI is InChI=1S/C12H19N5S/c1-4-5-13-8-10-9(2)16-17(3)11(10)18-12-14-6-7-15-12/h6-7,13H,4-5,8H2,1-3H3,(H,14,15). The number of aromatic nitrogens is 4. The first-order valence-corrected chi connectivity index (χ1v) is 6.94. The van der Waals surface area contributed by atoms with Crippen molar-refractivity contribution >= 4 is 11.8 Å². The molecule has 0 saturated heterocycles. The van der Waals surface area contributed by atoms with Gasteiger partial charge in [-0.3, -0.25) is 4.68 Å². The predicted molar refractivity (Wildman–Crippen MR) is 72.7 cm³/mol. The molecule has 0 unspecified atom stereocenters. The number of aryl methyl sites for hydroxylation is 2. The topological polar surface area (TPSA) is 58.5 Å². The van der Waals surface area contributed by atoms with Crippen LogP contribution in [0.1, 0.15) is 24.6 Å². The van der Waals surface area contributed by atoms with Gasteiger partial charge < -0.3 is 10.3 Å². The molecule has 0 amide bonds. The summed E-state index contributed by atoms with van der Waals surface area (Å²) in [7, 11) is 1.97. The lowest BCUT2D eigenvalue weighted by Gasteiger charge is -2.05. The SMILES string of the molecule is CCCNCc1c(C)nn(C)c1Sc1ncc[nH]1. The molecule has 0 atom stereocenters. The van der Waals surface area contributed by atoms with Gasteiger partial charge in [0.05, 0.1) is 5.69 Å². The Balaban J connectivity index is 2.17. The number of nitrogens with zero attached hydrogens (tertiary/aromatic N) is 3. The first-order chi connectivity index (χ1) is 8.72. The summed E-state index contributed by atoms with van der Waals surface area (Å²) in [6.45, 7) is 6.10. The monoisotopic (exact) mass is 265 g/mol. The maximum Gasteiger partial charge on any atom is 0.171 e. The number of H-pyrrole nitrogens is 1. The molecule has 98 valence electrons. The van der Waals surface area contributed by atoms with Crippen LogP contribution in [-0.2, 0) is 13.6 Å². The molecule has 0 aromatic carbocycles. The van der Waals surface area contributed by atoms with E-state index in [2.05, 4.69) is 34.2 Å². The molecule has 2 aromatic rings. The first kappa shape index (κ1) is 13.2. The molecule has 5 nitrogen and oxygen atoms in total. The Labute approximate surface area is 111 Å². The fourth-order valence-electron chi connectivity index (χ4n) is 1.80. The normalized spacial score (nSPS) is 11.1. The molecule has 2 rings (SSSR count). The highest BCUT2D eigenvalue weighted by Gasteiger charge is 2.14. The minimum absolute atomic E-state index is 0.858. The van der Waals surface area contributed by atoms with E-state index in [1.807, 2.05) is 17.9 Å². The molecular weight excluding hydrogens is 246 g/mol. The second-order valence-corrected chi connectivity index (χ2v) is 5.14. The van der Waals surface area contributed by atoms with Crippen LogP contribution in [-0.4, -0.2) is 26.3 Å². The van der Waals surface area contributed by atoms with Gasteiger partial charge in [0.15, 0.2) is 5.16 Å². The summed E-state index contributed by atoms with van der Waals surface area (Å²) in [6, 6.07) is 0. The fraction of sp³-hybridized carbons (Fsp3) is 0.500. The van der Waals surface area contributed by atoms with Crippen molar-refractivity contribution in [2.24, 2.45) is 7.05 Å². The molecule has 0 fully saturated rings. The average Bonchev–Trinajstić information content (AvgIpc) is 2.92. The van der Waals surface area contributed by atoms with Crippen molar-refractivity contribution in [1.29, 1.82) is 0 Å². The van der Waals surface area contributed by atoms with Crippen molar-refractivity contribution in [2.75, 3.05) is 6.54 Å². The Bertz CT molecular complexity index is 489. The zero-order chi connectivity index (χ0) is 13.0. The van der Waals surface area contributed by atoms with Crippen molar-refractivity contribution in [2.45, 2.75) is 37.0 Å². The highest BCUT2D eigenvalue weighted by molar-refractivity contribution is 7.99. The van der Waals surface area contributed by atoms with Crippen molar-refractivity contribution in [1.82, 2.24) is 25.1 Å². The van der Waals surface area contributed by atoms with Gasteiger partial charge in [0.25, 0.3) is 0 Å². The van der Waals surface area contributed by atoms with Gasteiger partial charge in [0, 0.05) is 31.5 Å². The molecule has 18 heavy (non-hydrogen) atoms. The first-order valence-electron chi connectivity index (χ1n) is 6.12. The average molecular weight is 265 g/mol. The van der Waals surface area contributed by atoms with Gasteiger partial charge >= 0.3 is 0 Å². The van der Waals surface area contributed by atoms with E-state index >= 15 is 0 Å². The summed E-state index contributed by atoms with van der Waals surface area (Å²) in [5.74, 6) is 0. The zero-order valence-corrected chi connectivity index (χ0v) is 11.8. The summed E-state index contributed by atoms with van der Waals surface area (Å²) in [6.07, 6.45) is 4.74. The van der Waals surface area contributed by atoms with Gasteiger partial charge in [-0.1, -0.05) is 6.92 Å². The second kappa shape index (κ2) is 6.06.